The van der Waals surface area contributed by atoms with Crippen LogP contribution in [0.1, 0.15) is 18.4 Å². The molecule has 0 aliphatic rings. The van der Waals surface area contributed by atoms with Crippen molar-refractivity contribution < 1.29 is 18.8 Å². The van der Waals surface area contributed by atoms with Gasteiger partial charge in [-0.2, -0.15) is 4.39 Å². The van der Waals surface area contributed by atoms with E-state index in [1.54, 1.807) is 19.1 Å². The number of nitrogens with one attached hydrogen (secondary N) is 1. The SMILES string of the molecule is Cc1ccc(C(C)(O)CNc2cccc(F)c2[N+](=O)[O-])o1. The first kappa shape index (κ1) is 15.0. The van der Waals surface area contributed by atoms with Gasteiger partial charge in [-0.05, 0) is 38.1 Å². The lowest BCUT2D eigenvalue weighted by Gasteiger charge is -2.21. The summed E-state index contributed by atoms with van der Waals surface area (Å²) in [5, 5.41) is 23.9. The molecule has 0 fully saturated rings. The van der Waals surface area contributed by atoms with Gasteiger partial charge in [-0.1, -0.05) is 6.07 Å². The van der Waals surface area contributed by atoms with Gasteiger partial charge in [-0.25, -0.2) is 0 Å². The molecule has 2 rings (SSSR count). The molecule has 0 bridgehead atoms. The molecule has 7 heteroatoms. The highest BCUT2D eigenvalue weighted by atomic mass is 19.1. The van der Waals surface area contributed by atoms with Crippen molar-refractivity contribution in [2.24, 2.45) is 0 Å². The molecule has 0 radical (unpaired) electrons. The maximum atomic E-state index is 13.5. The van der Waals surface area contributed by atoms with Gasteiger partial charge in [0.15, 0.2) is 0 Å². The van der Waals surface area contributed by atoms with Gasteiger partial charge in [0.25, 0.3) is 0 Å². The summed E-state index contributed by atoms with van der Waals surface area (Å²) in [5.74, 6) is 0.0343. The fourth-order valence-electron chi connectivity index (χ4n) is 1.92. The minimum atomic E-state index is -1.38. The van der Waals surface area contributed by atoms with Crippen molar-refractivity contribution in [3.8, 4) is 0 Å². The van der Waals surface area contributed by atoms with Crippen molar-refractivity contribution >= 4 is 11.4 Å². The number of aryl methyl sites for hydroxylation is 1. The monoisotopic (exact) mass is 294 g/mol. The number of para-hydroxylation sites is 1. The summed E-state index contributed by atoms with van der Waals surface area (Å²) in [7, 11) is 0. The number of nitro benzene ring substituents is 1. The van der Waals surface area contributed by atoms with Crippen LogP contribution in [0.2, 0.25) is 0 Å². The van der Waals surface area contributed by atoms with Crippen molar-refractivity contribution in [1.82, 2.24) is 0 Å². The van der Waals surface area contributed by atoms with Crippen LogP contribution in [-0.2, 0) is 5.60 Å². The Hall–Kier alpha value is -2.41. The third-order valence-corrected chi connectivity index (χ3v) is 3.06. The van der Waals surface area contributed by atoms with E-state index in [2.05, 4.69) is 5.32 Å². The molecular formula is C14H15FN2O4. The predicted molar refractivity (Wildman–Crippen MR) is 74.6 cm³/mol. The first-order valence-corrected chi connectivity index (χ1v) is 6.27. The van der Waals surface area contributed by atoms with Gasteiger partial charge in [-0.3, -0.25) is 10.1 Å². The van der Waals surface area contributed by atoms with E-state index in [4.69, 9.17) is 4.42 Å². The Balaban J connectivity index is 2.20. The Bertz CT molecular complexity index is 667. The second-order valence-electron chi connectivity index (χ2n) is 4.93. The summed E-state index contributed by atoms with van der Waals surface area (Å²) < 4.78 is 18.8. The quantitative estimate of drug-likeness (QED) is 0.653. The molecule has 2 N–H and O–H groups in total. The van der Waals surface area contributed by atoms with E-state index in [1.807, 2.05) is 0 Å². The van der Waals surface area contributed by atoms with E-state index in [1.165, 1.54) is 19.1 Å². The number of nitrogens with zero attached hydrogens (tertiary/aromatic N) is 1. The van der Waals surface area contributed by atoms with Gasteiger partial charge >= 0.3 is 5.69 Å². The molecule has 2 aromatic rings. The average molecular weight is 294 g/mol. The highest BCUT2D eigenvalue weighted by Gasteiger charge is 2.28. The molecule has 0 spiro atoms. The first-order chi connectivity index (χ1) is 9.81. The standard InChI is InChI=1S/C14H15FN2O4/c1-9-6-7-12(21-9)14(2,18)8-16-11-5-3-4-10(15)13(11)17(19)20/h3-7,16,18H,8H2,1-2H3. The lowest BCUT2D eigenvalue weighted by molar-refractivity contribution is -0.386. The van der Waals surface area contributed by atoms with E-state index in [0.29, 0.717) is 11.5 Å². The smallest absolute Gasteiger partial charge is 0.327 e. The number of rotatable bonds is 5. The number of aliphatic hydroxyl groups is 1. The Morgan fingerprint density at radius 1 is 1.43 bits per heavy atom. The van der Waals surface area contributed by atoms with Crippen LogP contribution >= 0.6 is 0 Å². The molecule has 0 aliphatic heterocycles. The van der Waals surface area contributed by atoms with Crippen molar-refractivity contribution in [3.05, 3.63) is 57.8 Å². The van der Waals surface area contributed by atoms with Crippen LogP contribution in [0.3, 0.4) is 0 Å². The Morgan fingerprint density at radius 3 is 2.71 bits per heavy atom. The topological polar surface area (TPSA) is 88.5 Å². The van der Waals surface area contributed by atoms with E-state index < -0.39 is 22.0 Å². The molecule has 0 aliphatic carbocycles. The average Bonchev–Trinajstić information content (AvgIpc) is 2.83. The van der Waals surface area contributed by atoms with Crippen molar-refractivity contribution in [2.45, 2.75) is 19.4 Å². The fraction of sp³-hybridized carbons (Fsp3) is 0.286. The van der Waals surface area contributed by atoms with Crippen molar-refractivity contribution in [2.75, 3.05) is 11.9 Å². The number of nitro groups is 1. The van der Waals surface area contributed by atoms with Crippen LogP contribution in [0.4, 0.5) is 15.8 Å². The van der Waals surface area contributed by atoms with Crippen LogP contribution in [0.15, 0.2) is 34.7 Å². The fourth-order valence-corrected chi connectivity index (χ4v) is 1.92. The van der Waals surface area contributed by atoms with Crippen LogP contribution in [0.25, 0.3) is 0 Å². The zero-order valence-corrected chi connectivity index (χ0v) is 11.6. The molecule has 21 heavy (non-hydrogen) atoms. The molecule has 1 aromatic carbocycles. The zero-order chi connectivity index (χ0) is 15.6. The van der Waals surface area contributed by atoms with Gasteiger partial charge in [0.05, 0.1) is 11.5 Å². The van der Waals surface area contributed by atoms with Gasteiger partial charge < -0.3 is 14.8 Å². The summed E-state index contributed by atoms with van der Waals surface area (Å²) >= 11 is 0. The predicted octanol–water partition coefficient (Wildman–Crippen LogP) is 2.95. The minimum Gasteiger partial charge on any atom is -0.463 e. The molecule has 1 unspecified atom stereocenters. The number of benzene rings is 1. The Kier molecular flexibility index (Phi) is 3.95. The second-order valence-corrected chi connectivity index (χ2v) is 4.93. The number of hydrogen-bond acceptors (Lipinski definition) is 5. The van der Waals surface area contributed by atoms with Gasteiger partial charge in [0, 0.05) is 0 Å². The molecule has 0 saturated heterocycles. The normalized spacial score (nSPS) is 13.7. The van der Waals surface area contributed by atoms with Gasteiger partial charge in [-0.15, -0.1) is 0 Å². The molecule has 0 amide bonds. The first-order valence-electron chi connectivity index (χ1n) is 6.27. The largest absolute Gasteiger partial charge is 0.463 e. The summed E-state index contributed by atoms with van der Waals surface area (Å²) in [6.45, 7) is 3.18. The van der Waals surface area contributed by atoms with Gasteiger partial charge in [0.2, 0.25) is 5.82 Å². The molecule has 6 nitrogen and oxygen atoms in total. The molecule has 1 heterocycles. The maximum Gasteiger partial charge on any atom is 0.327 e. The Labute approximate surface area is 120 Å². The number of halogens is 1. The van der Waals surface area contributed by atoms with Gasteiger partial charge in [0.1, 0.15) is 22.8 Å². The minimum absolute atomic E-state index is 0.00329. The van der Waals surface area contributed by atoms with Crippen molar-refractivity contribution in [1.29, 1.82) is 0 Å². The van der Waals surface area contributed by atoms with E-state index in [0.717, 1.165) is 6.07 Å². The summed E-state index contributed by atoms with van der Waals surface area (Å²) in [6.07, 6.45) is 0. The van der Waals surface area contributed by atoms with Crippen LogP contribution in [-0.4, -0.2) is 16.6 Å². The molecule has 112 valence electrons. The molecule has 1 atom stereocenters. The highest BCUT2D eigenvalue weighted by molar-refractivity contribution is 5.62. The second kappa shape index (κ2) is 5.53. The van der Waals surface area contributed by atoms with E-state index >= 15 is 0 Å². The number of hydrogen-bond donors (Lipinski definition) is 2. The number of anilines is 1. The lowest BCUT2D eigenvalue weighted by Crippen LogP contribution is -2.30. The zero-order valence-electron chi connectivity index (χ0n) is 11.6. The molecule has 0 saturated carbocycles. The summed E-state index contributed by atoms with van der Waals surface area (Å²) in [5.41, 5.74) is -2.03. The third-order valence-electron chi connectivity index (χ3n) is 3.06. The summed E-state index contributed by atoms with van der Waals surface area (Å²) in [6, 6.07) is 7.07. The lowest BCUT2D eigenvalue weighted by atomic mass is 10.0. The van der Waals surface area contributed by atoms with Crippen LogP contribution in [0, 0.1) is 22.9 Å². The highest BCUT2D eigenvalue weighted by Crippen LogP contribution is 2.29. The van der Waals surface area contributed by atoms with Crippen LogP contribution < -0.4 is 5.32 Å². The molecule has 1 aromatic heterocycles. The Morgan fingerprint density at radius 2 is 2.14 bits per heavy atom. The van der Waals surface area contributed by atoms with Crippen LogP contribution in [0.5, 0.6) is 0 Å². The molecular weight excluding hydrogens is 279 g/mol. The summed E-state index contributed by atoms with van der Waals surface area (Å²) in [4.78, 5) is 10.1. The maximum absolute atomic E-state index is 13.5. The van der Waals surface area contributed by atoms with E-state index in [-0.39, 0.29) is 12.2 Å². The number of furan rings is 1. The van der Waals surface area contributed by atoms with Crippen molar-refractivity contribution in [3.63, 3.8) is 0 Å². The van der Waals surface area contributed by atoms with E-state index in [9.17, 15) is 19.6 Å². The third kappa shape index (κ3) is 3.19.